The van der Waals surface area contributed by atoms with Crippen molar-refractivity contribution in [3.05, 3.63) is 60.2 Å². The Labute approximate surface area is 194 Å². The van der Waals surface area contributed by atoms with Gasteiger partial charge in [0.05, 0.1) is 25.2 Å². The Morgan fingerprint density at radius 3 is 2.21 bits per heavy atom. The zero-order chi connectivity index (χ0) is 23.4. The Balaban J connectivity index is 1.48. The number of ether oxygens (including phenoxy) is 2. The van der Waals surface area contributed by atoms with Gasteiger partial charge in [0.1, 0.15) is 0 Å². The molecular weight excluding hydrogens is 420 g/mol. The molecule has 7 heteroatoms. The van der Waals surface area contributed by atoms with Crippen molar-refractivity contribution in [1.82, 2.24) is 9.80 Å². The van der Waals surface area contributed by atoms with Crippen molar-refractivity contribution in [2.75, 3.05) is 40.5 Å². The first-order chi connectivity index (χ1) is 16.0. The second kappa shape index (κ2) is 9.75. The molecule has 2 fully saturated rings. The fraction of sp³-hybridized carbons (Fsp3) is 0.423. The van der Waals surface area contributed by atoms with E-state index in [1.165, 1.54) is 7.11 Å². The molecule has 2 aliphatic heterocycles. The van der Waals surface area contributed by atoms with Gasteiger partial charge in [-0.15, -0.1) is 0 Å². The predicted octanol–water partition coefficient (Wildman–Crippen LogP) is 3.00. The molecule has 33 heavy (non-hydrogen) atoms. The van der Waals surface area contributed by atoms with Gasteiger partial charge in [-0.05, 0) is 36.1 Å². The molecule has 0 aliphatic carbocycles. The summed E-state index contributed by atoms with van der Waals surface area (Å²) in [5.41, 5.74) is 2.17. The van der Waals surface area contributed by atoms with Crippen LogP contribution < -0.4 is 0 Å². The first-order valence-corrected chi connectivity index (χ1v) is 11.3. The van der Waals surface area contributed by atoms with E-state index in [-0.39, 0.29) is 24.2 Å². The van der Waals surface area contributed by atoms with E-state index in [4.69, 9.17) is 9.47 Å². The predicted molar refractivity (Wildman–Crippen MR) is 123 cm³/mol. The standard InChI is InChI=1S/C26H30N2O5/c1-32-17-16-28-23(29)18-22(25(31)33-2)26(28)12-14-27(15-13-26)24(30)21-10-8-20(9-11-21)19-6-4-3-5-7-19/h3-11,22H,12-18H2,1-2H3. The van der Waals surface area contributed by atoms with Crippen LogP contribution >= 0.6 is 0 Å². The normalized spacial score (nSPS) is 19.7. The van der Waals surface area contributed by atoms with Crippen LogP contribution in [0, 0.1) is 5.92 Å². The smallest absolute Gasteiger partial charge is 0.311 e. The summed E-state index contributed by atoms with van der Waals surface area (Å²) in [5.74, 6) is -0.973. The number of hydrogen-bond donors (Lipinski definition) is 0. The molecule has 1 unspecified atom stereocenters. The van der Waals surface area contributed by atoms with Gasteiger partial charge in [0.15, 0.2) is 0 Å². The zero-order valence-corrected chi connectivity index (χ0v) is 19.2. The van der Waals surface area contributed by atoms with E-state index in [0.717, 1.165) is 11.1 Å². The minimum atomic E-state index is -0.628. The molecule has 7 nitrogen and oxygen atoms in total. The lowest BCUT2D eigenvalue weighted by molar-refractivity contribution is -0.150. The summed E-state index contributed by atoms with van der Waals surface area (Å²) in [6.45, 7) is 1.78. The summed E-state index contributed by atoms with van der Waals surface area (Å²) in [7, 11) is 2.95. The molecule has 2 aromatic carbocycles. The highest BCUT2D eigenvalue weighted by Crippen LogP contribution is 2.44. The third-order valence-corrected chi connectivity index (χ3v) is 7.03. The fourth-order valence-electron chi connectivity index (χ4n) is 5.22. The zero-order valence-electron chi connectivity index (χ0n) is 19.2. The molecule has 2 amide bonds. The number of carbonyl (C=O) groups excluding carboxylic acids is 3. The third kappa shape index (κ3) is 4.37. The topological polar surface area (TPSA) is 76.2 Å². The number of likely N-dealkylation sites (tertiary alicyclic amines) is 2. The van der Waals surface area contributed by atoms with Crippen LogP contribution in [-0.4, -0.2) is 73.6 Å². The van der Waals surface area contributed by atoms with E-state index < -0.39 is 11.5 Å². The molecule has 0 bridgehead atoms. The number of esters is 1. The fourth-order valence-corrected chi connectivity index (χ4v) is 5.22. The van der Waals surface area contributed by atoms with Crippen LogP contribution in [0.2, 0.25) is 0 Å². The Bertz CT molecular complexity index is 997. The Hall–Kier alpha value is -3.19. The minimum absolute atomic E-state index is 0.0353. The van der Waals surface area contributed by atoms with Crippen LogP contribution in [-0.2, 0) is 19.1 Å². The number of benzene rings is 2. The van der Waals surface area contributed by atoms with Gasteiger partial charge in [0.25, 0.3) is 5.91 Å². The molecule has 0 N–H and O–H groups in total. The lowest BCUT2D eigenvalue weighted by Crippen LogP contribution is -2.58. The van der Waals surface area contributed by atoms with Gasteiger partial charge in [0.2, 0.25) is 5.91 Å². The van der Waals surface area contributed by atoms with Crippen molar-refractivity contribution in [3.8, 4) is 11.1 Å². The van der Waals surface area contributed by atoms with Gasteiger partial charge < -0.3 is 19.3 Å². The lowest BCUT2D eigenvalue weighted by Gasteiger charge is -2.47. The van der Waals surface area contributed by atoms with Gasteiger partial charge >= 0.3 is 5.97 Å². The van der Waals surface area contributed by atoms with Crippen molar-refractivity contribution in [2.45, 2.75) is 24.8 Å². The van der Waals surface area contributed by atoms with Crippen LogP contribution in [0.25, 0.3) is 11.1 Å². The van der Waals surface area contributed by atoms with Gasteiger partial charge in [-0.25, -0.2) is 0 Å². The highest BCUT2D eigenvalue weighted by Gasteiger charge is 2.57. The van der Waals surface area contributed by atoms with Crippen molar-refractivity contribution in [1.29, 1.82) is 0 Å². The molecule has 2 aliphatic rings. The maximum absolute atomic E-state index is 13.2. The molecule has 0 radical (unpaired) electrons. The number of rotatable bonds is 6. The average Bonchev–Trinajstić information content (AvgIpc) is 3.13. The van der Waals surface area contributed by atoms with Gasteiger partial charge in [-0.3, -0.25) is 14.4 Å². The van der Waals surface area contributed by atoms with Crippen molar-refractivity contribution >= 4 is 17.8 Å². The summed E-state index contributed by atoms with van der Waals surface area (Å²) in [6, 6.07) is 17.7. The highest BCUT2D eigenvalue weighted by molar-refractivity contribution is 5.95. The third-order valence-electron chi connectivity index (χ3n) is 7.03. The summed E-state index contributed by atoms with van der Waals surface area (Å²) < 4.78 is 10.2. The molecule has 4 rings (SSSR count). The van der Waals surface area contributed by atoms with E-state index in [9.17, 15) is 14.4 Å². The van der Waals surface area contributed by atoms with E-state index >= 15 is 0 Å². The minimum Gasteiger partial charge on any atom is -0.469 e. The Morgan fingerprint density at radius 2 is 1.61 bits per heavy atom. The average molecular weight is 451 g/mol. The van der Waals surface area contributed by atoms with E-state index in [1.54, 1.807) is 12.0 Å². The molecule has 2 aromatic rings. The maximum atomic E-state index is 13.2. The molecule has 0 saturated carbocycles. The number of piperidine rings is 1. The number of hydrogen-bond acceptors (Lipinski definition) is 5. The molecule has 2 heterocycles. The van der Waals surface area contributed by atoms with Gasteiger partial charge in [0, 0.05) is 38.7 Å². The Kier molecular flexibility index (Phi) is 6.79. The second-order valence-electron chi connectivity index (χ2n) is 8.66. The summed E-state index contributed by atoms with van der Waals surface area (Å²) in [4.78, 5) is 42.1. The van der Waals surface area contributed by atoms with Gasteiger partial charge in [-0.1, -0.05) is 42.5 Å². The molecular formula is C26H30N2O5. The molecule has 1 atom stereocenters. The monoisotopic (exact) mass is 450 g/mol. The SMILES string of the molecule is COCCN1C(=O)CC(C(=O)OC)C12CCN(C(=O)c1ccc(-c3ccccc3)cc1)CC2. The van der Waals surface area contributed by atoms with E-state index in [2.05, 4.69) is 0 Å². The quantitative estimate of drug-likeness (QED) is 0.633. The van der Waals surface area contributed by atoms with Crippen molar-refractivity contribution < 1.29 is 23.9 Å². The number of amides is 2. The summed E-state index contributed by atoms with van der Waals surface area (Å²) in [5, 5.41) is 0. The maximum Gasteiger partial charge on any atom is 0.311 e. The first kappa shape index (κ1) is 23.0. The number of methoxy groups -OCH3 is 2. The number of carbonyl (C=O) groups is 3. The highest BCUT2D eigenvalue weighted by atomic mass is 16.5. The van der Waals surface area contributed by atoms with Crippen molar-refractivity contribution in [2.24, 2.45) is 5.92 Å². The first-order valence-electron chi connectivity index (χ1n) is 11.3. The molecule has 1 spiro atoms. The van der Waals surface area contributed by atoms with Crippen LogP contribution in [0.3, 0.4) is 0 Å². The van der Waals surface area contributed by atoms with E-state index in [1.807, 2.05) is 59.5 Å². The van der Waals surface area contributed by atoms with Gasteiger partial charge in [-0.2, -0.15) is 0 Å². The number of nitrogens with zero attached hydrogens (tertiary/aromatic N) is 2. The van der Waals surface area contributed by atoms with E-state index in [0.29, 0.717) is 44.6 Å². The Morgan fingerprint density at radius 1 is 0.970 bits per heavy atom. The summed E-state index contributed by atoms with van der Waals surface area (Å²) >= 11 is 0. The van der Waals surface area contributed by atoms with Crippen LogP contribution in [0.1, 0.15) is 29.6 Å². The molecule has 174 valence electrons. The summed E-state index contributed by atoms with van der Waals surface area (Å²) in [6.07, 6.45) is 1.22. The largest absolute Gasteiger partial charge is 0.469 e. The second-order valence-corrected chi connectivity index (χ2v) is 8.66. The van der Waals surface area contributed by atoms with Crippen molar-refractivity contribution in [3.63, 3.8) is 0 Å². The van der Waals surface area contributed by atoms with Crippen LogP contribution in [0.4, 0.5) is 0 Å². The molecule has 0 aromatic heterocycles. The molecule has 2 saturated heterocycles. The van der Waals surface area contributed by atoms with Crippen LogP contribution in [0.15, 0.2) is 54.6 Å². The lowest BCUT2D eigenvalue weighted by atomic mass is 9.76. The van der Waals surface area contributed by atoms with Crippen LogP contribution in [0.5, 0.6) is 0 Å².